The van der Waals surface area contributed by atoms with Gasteiger partial charge in [0, 0.05) is 16.6 Å². The van der Waals surface area contributed by atoms with Crippen LogP contribution in [0.25, 0.3) is 6.08 Å². The van der Waals surface area contributed by atoms with Crippen molar-refractivity contribution < 1.29 is 4.74 Å². The molecule has 0 unspecified atom stereocenters. The molecule has 0 atom stereocenters. The first-order valence-electron chi connectivity index (χ1n) is 5.49. The smallest absolute Gasteiger partial charge is 0.140 e. The standard InChI is InChI=1S/C13H17Br2NO/c1-4-16-8-9(2)5-10-6-11(14)7-12(15)13(10)17-3/h5-7,16H,4,8H2,1-3H3. The predicted octanol–water partition coefficient (Wildman–Crippen LogP) is 4.23. The van der Waals surface area contributed by atoms with Crippen LogP contribution in [0.15, 0.2) is 26.7 Å². The summed E-state index contributed by atoms with van der Waals surface area (Å²) in [6.07, 6.45) is 2.14. The van der Waals surface area contributed by atoms with Crippen LogP contribution in [0.3, 0.4) is 0 Å². The fourth-order valence-corrected chi connectivity index (χ4v) is 2.96. The first kappa shape index (κ1) is 14.7. The largest absolute Gasteiger partial charge is 0.495 e. The lowest BCUT2D eigenvalue weighted by molar-refractivity contribution is 0.411. The van der Waals surface area contributed by atoms with Crippen molar-refractivity contribution in [1.29, 1.82) is 0 Å². The van der Waals surface area contributed by atoms with Gasteiger partial charge in [0.2, 0.25) is 0 Å². The molecule has 1 aromatic rings. The fraction of sp³-hybridized carbons (Fsp3) is 0.385. The average Bonchev–Trinajstić information content (AvgIpc) is 2.25. The first-order valence-corrected chi connectivity index (χ1v) is 7.08. The lowest BCUT2D eigenvalue weighted by Gasteiger charge is -2.10. The zero-order chi connectivity index (χ0) is 12.8. The van der Waals surface area contributed by atoms with Crippen LogP contribution in [0.5, 0.6) is 5.75 Å². The number of ether oxygens (including phenoxy) is 1. The molecule has 0 radical (unpaired) electrons. The Morgan fingerprint density at radius 2 is 2.12 bits per heavy atom. The van der Waals surface area contributed by atoms with E-state index in [9.17, 15) is 0 Å². The van der Waals surface area contributed by atoms with E-state index < -0.39 is 0 Å². The number of nitrogens with one attached hydrogen (secondary N) is 1. The Bertz CT molecular complexity index is 416. The van der Waals surface area contributed by atoms with Gasteiger partial charge >= 0.3 is 0 Å². The van der Waals surface area contributed by atoms with Crippen LogP contribution in [0.2, 0.25) is 0 Å². The highest BCUT2D eigenvalue weighted by atomic mass is 79.9. The van der Waals surface area contributed by atoms with Gasteiger partial charge in [-0.05, 0) is 41.5 Å². The number of rotatable bonds is 5. The summed E-state index contributed by atoms with van der Waals surface area (Å²) in [5.41, 5.74) is 2.35. The molecule has 0 aromatic heterocycles. The van der Waals surface area contributed by atoms with Gasteiger partial charge in [0.05, 0.1) is 11.6 Å². The third kappa shape index (κ3) is 4.45. The number of hydrogen-bond donors (Lipinski definition) is 1. The van der Waals surface area contributed by atoms with Gasteiger partial charge in [-0.15, -0.1) is 0 Å². The molecule has 0 aliphatic rings. The van der Waals surface area contributed by atoms with E-state index in [0.29, 0.717) is 0 Å². The molecule has 0 aliphatic heterocycles. The molecule has 0 heterocycles. The molecule has 0 saturated carbocycles. The van der Waals surface area contributed by atoms with Crippen LogP contribution in [0.1, 0.15) is 19.4 Å². The molecule has 1 N–H and O–H groups in total. The summed E-state index contributed by atoms with van der Waals surface area (Å²) in [6, 6.07) is 4.04. The van der Waals surface area contributed by atoms with Gasteiger partial charge in [-0.1, -0.05) is 34.5 Å². The van der Waals surface area contributed by atoms with Crippen LogP contribution in [-0.4, -0.2) is 20.2 Å². The molecule has 0 saturated heterocycles. The van der Waals surface area contributed by atoms with E-state index in [2.05, 4.69) is 63.2 Å². The second kappa shape index (κ2) is 7.19. The Labute approximate surface area is 120 Å². The second-order valence-electron chi connectivity index (χ2n) is 3.78. The van der Waals surface area contributed by atoms with E-state index in [4.69, 9.17) is 4.74 Å². The first-order chi connectivity index (χ1) is 8.08. The Morgan fingerprint density at radius 1 is 1.41 bits per heavy atom. The van der Waals surface area contributed by atoms with Crippen LogP contribution in [0, 0.1) is 0 Å². The maximum atomic E-state index is 5.40. The van der Waals surface area contributed by atoms with Gasteiger partial charge in [-0.2, -0.15) is 0 Å². The molecule has 1 rings (SSSR count). The second-order valence-corrected chi connectivity index (χ2v) is 5.55. The SMILES string of the molecule is CCNCC(C)=Cc1cc(Br)cc(Br)c1OC. The van der Waals surface area contributed by atoms with Crippen molar-refractivity contribution in [2.24, 2.45) is 0 Å². The highest BCUT2D eigenvalue weighted by molar-refractivity contribution is 9.11. The summed E-state index contributed by atoms with van der Waals surface area (Å²) in [5, 5.41) is 3.30. The predicted molar refractivity (Wildman–Crippen MR) is 80.6 cm³/mol. The van der Waals surface area contributed by atoms with Gasteiger partial charge in [-0.3, -0.25) is 0 Å². The number of halogens is 2. The van der Waals surface area contributed by atoms with Crippen molar-refractivity contribution in [3.05, 3.63) is 32.2 Å². The minimum absolute atomic E-state index is 0.865. The normalized spacial score (nSPS) is 11.7. The summed E-state index contributed by atoms with van der Waals surface area (Å²) in [4.78, 5) is 0. The molecule has 17 heavy (non-hydrogen) atoms. The number of hydrogen-bond acceptors (Lipinski definition) is 2. The molecule has 0 bridgehead atoms. The lowest BCUT2D eigenvalue weighted by atomic mass is 10.1. The summed E-state index contributed by atoms with van der Waals surface area (Å²) >= 11 is 6.99. The number of likely N-dealkylation sites (N-methyl/N-ethyl adjacent to an activating group) is 1. The molecule has 0 amide bonds. The summed E-state index contributed by atoms with van der Waals surface area (Å²) in [6.45, 7) is 6.08. The van der Waals surface area contributed by atoms with Crippen molar-refractivity contribution in [1.82, 2.24) is 5.32 Å². The summed E-state index contributed by atoms with van der Waals surface area (Å²) in [7, 11) is 1.69. The zero-order valence-corrected chi connectivity index (χ0v) is 13.5. The van der Waals surface area contributed by atoms with E-state index in [0.717, 1.165) is 33.3 Å². The van der Waals surface area contributed by atoms with E-state index >= 15 is 0 Å². The van der Waals surface area contributed by atoms with Crippen LogP contribution < -0.4 is 10.1 Å². The van der Waals surface area contributed by atoms with Crippen molar-refractivity contribution in [2.75, 3.05) is 20.2 Å². The van der Waals surface area contributed by atoms with Gasteiger partial charge in [0.15, 0.2) is 0 Å². The van der Waals surface area contributed by atoms with Gasteiger partial charge < -0.3 is 10.1 Å². The highest BCUT2D eigenvalue weighted by Crippen LogP contribution is 2.33. The Kier molecular flexibility index (Phi) is 6.23. The number of benzene rings is 1. The Morgan fingerprint density at radius 3 is 2.71 bits per heavy atom. The molecule has 0 spiro atoms. The van der Waals surface area contributed by atoms with Gasteiger partial charge in [0.25, 0.3) is 0 Å². The molecular formula is C13H17Br2NO. The van der Waals surface area contributed by atoms with E-state index in [-0.39, 0.29) is 0 Å². The molecule has 94 valence electrons. The fourth-order valence-electron chi connectivity index (χ4n) is 1.54. The monoisotopic (exact) mass is 361 g/mol. The lowest BCUT2D eigenvalue weighted by Crippen LogP contribution is -2.14. The van der Waals surface area contributed by atoms with Crippen molar-refractivity contribution in [3.8, 4) is 5.75 Å². The highest BCUT2D eigenvalue weighted by Gasteiger charge is 2.07. The third-order valence-corrected chi connectivity index (χ3v) is 3.34. The number of methoxy groups -OCH3 is 1. The Balaban J connectivity index is 3.04. The maximum Gasteiger partial charge on any atom is 0.140 e. The van der Waals surface area contributed by atoms with Crippen LogP contribution >= 0.6 is 31.9 Å². The minimum Gasteiger partial charge on any atom is -0.495 e. The molecule has 1 aromatic carbocycles. The topological polar surface area (TPSA) is 21.3 Å². The molecule has 4 heteroatoms. The van der Waals surface area contributed by atoms with Gasteiger partial charge in [-0.25, -0.2) is 0 Å². The van der Waals surface area contributed by atoms with E-state index in [1.807, 2.05) is 6.07 Å². The summed E-state index contributed by atoms with van der Waals surface area (Å²) < 4.78 is 7.39. The minimum atomic E-state index is 0.865. The molecule has 0 fully saturated rings. The molecule has 2 nitrogen and oxygen atoms in total. The van der Waals surface area contributed by atoms with E-state index in [1.54, 1.807) is 7.11 Å². The van der Waals surface area contributed by atoms with Crippen LogP contribution in [-0.2, 0) is 0 Å². The van der Waals surface area contributed by atoms with Gasteiger partial charge in [0.1, 0.15) is 5.75 Å². The van der Waals surface area contributed by atoms with Crippen molar-refractivity contribution in [2.45, 2.75) is 13.8 Å². The van der Waals surface area contributed by atoms with E-state index in [1.165, 1.54) is 5.57 Å². The Hall–Kier alpha value is -0.320. The van der Waals surface area contributed by atoms with Crippen molar-refractivity contribution >= 4 is 37.9 Å². The zero-order valence-electron chi connectivity index (χ0n) is 10.3. The quantitative estimate of drug-likeness (QED) is 0.846. The summed E-state index contributed by atoms with van der Waals surface area (Å²) in [5.74, 6) is 0.865. The molecular weight excluding hydrogens is 346 g/mol. The van der Waals surface area contributed by atoms with Crippen molar-refractivity contribution in [3.63, 3.8) is 0 Å². The average molecular weight is 363 g/mol. The molecule has 0 aliphatic carbocycles. The maximum absolute atomic E-state index is 5.40. The van der Waals surface area contributed by atoms with Crippen LogP contribution in [0.4, 0.5) is 0 Å². The third-order valence-electron chi connectivity index (χ3n) is 2.30.